The van der Waals surface area contributed by atoms with Crippen molar-refractivity contribution in [3.63, 3.8) is 0 Å². The van der Waals surface area contributed by atoms with E-state index >= 15 is 0 Å². The number of benzene rings is 2. The van der Waals surface area contributed by atoms with Crippen LogP contribution >= 0.6 is 0 Å². The second-order valence-corrected chi connectivity index (χ2v) is 5.81. The van der Waals surface area contributed by atoms with E-state index in [0.29, 0.717) is 17.8 Å². The highest BCUT2D eigenvalue weighted by Gasteiger charge is 2.13. The number of hydrogen-bond acceptors (Lipinski definition) is 4. The molecule has 1 aliphatic heterocycles. The Morgan fingerprint density at radius 1 is 1.08 bits per heavy atom. The van der Waals surface area contributed by atoms with Crippen LogP contribution in [-0.2, 0) is 11.2 Å². The van der Waals surface area contributed by atoms with E-state index in [0.717, 1.165) is 29.9 Å². The molecule has 2 N–H and O–H groups in total. The maximum Gasteiger partial charge on any atom is 0.251 e. The highest BCUT2D eigenvalue weighted by atomic mass is 16.7. The number of anilines is 1. The molecule has 0 saturated heterocycles. The lowest BCUT2D eigenvalue weighted by Crippen LogP contribution is -2.24. The summed E-state index contributed by atoms with van der Waals surface area (Å²) in [7, 11) is 0. The number of carbonyl (C=O) groups excluding carboxylic acids is 2. The summed E-state index contributed by atoms with van der Waals surface area (Å²) in [6.07, 6.45) is 1.65. The number of fused-ring (bicyclic) bond motifs is 1. The van der Waals surface area contributed by atoms with Crippen LogP contribution in [0.2, 0.25) is 0 Å². The molecule has 0 unspecified atom stereocenters. The van der Waals surface area contributed by atoms with Crippen LogP contribution in [-0.4, -0.2) is 25.2 Å². The normalized spacial score (nSPS) is 11.9. The maximum absolute atomic E-state index is 12.2. The van der Waals surface area contributed by atoms with Crippen molar-refractivity contribution in [1.82, 2.24) is 5.32 Å². The predicted molar refractivity (Wildman–Crippen MR) is 94.0 cm³/mol. The predicted octanol–water partition coefficient (Wildman–Crippen LogP) is 2.74. The second kappa shape index (κ2) is 7.70. The minimum Gasteiger partial charge on any atom is -0.454 e. The summed E-state index contributed by atoms with van der Waals surface area (Å²) in [5, 5.41) is 5.56. The van der Waals surface area contributed by atoms with Gasteiger partial charge in [-0.1, -0.05) is 12.1 Å². The molecule has 1 heterocycles. The van der Waals surface area contributed by atoms with Crippen molar-refractivity contribution in [3.8, 4) is 11.5 Å². The largest absolute Gasteiger partial charge is 0.454 e. The summed E-state index contributed by atoms with van der Waals surface area (Å²) in [4.78, 5) is 23.3. The summed E-state index contributed by atoms with van der Waals surface area (Å²) < 4.78 is 10.6. The molecule has 130 valence electrons. The highest BCUT2D eigenvalue weighted by Crippen LogP contribution is 2.32. The fourth-order valence-electron chi connectivity index (χ4n) is 2.63. The van der Waals surface area contributed by atoms with Crippen LogP contribution in [0.3, 0.4) is 0 Å². The van der Waals surface area contributed by atoms with E-state index in [-0.39, 0.29) is 18.6 Å². The molecule has 0 fully saturated rings. The van der Waals surface area contributed by atoms with E-state index in [1.54, 1.807) is 24.3 Å². The minimum absolute atomic E-state index is 0.155. The van der Waals surface area contributed by atoms with Crippen LogP contribution in [0.5, 0.6) is 11.5 Å². The number of nitrogens with one attached hydrogen (secondary N) is 2. The van der Waals surface area contributed by atoms with Crippen LogP contribution in [0.4, 0.5) is 5.69 Å². The van der Waals surface area contributed by atoms with E-state index in [1.165, 1.54) is 6.92 Å². The number of ether oxygens (including phenoxy) is 2. The molecule has 0 saturated carbocycles. The van der Waals surface area contributed by atoms with Gasteiger partial charge in [-0.3, -0.25) is 9.59 Å². The molecule has 3 rings (SSSR count). The summed E-state index contributed by atoms with van der Waals surface area (Å²) in [5.41, 5.74) is 2.28. The first kappa shape index (κ1) is 16.8. The van der Waals surface area contributed by atoms with Crippen molar-refractivity contribution in [2.24, 2.45) is 0 Å². The third-order valence-electron chi connectivity index (χ3n) is 3.81. The van der Waals surface area contributed by atoms with E-state index in [1.807, 2.05) is 18.2 Å². The van der Waals surface area contributed by atoms with E-state index in [2.05, 4.69) is 10.6 Å². The van der Waals surface area contributed by atoms with Crippen LogP contribution in [0.25, 0.3) is 0 Å². The summed E-state index contributed by atoms with van der Waals surface area (Å²) in [6.45, 7) is 2.27. The number of carbonyl (C=O) groups is 2. The smallest absolute Gasteiger partial charge is 0.251 e. The molecule has 0 aromatic heterocycles. The SMILES string of the molecule is CC(=O)Nc1cccc(C(=O)NCCCc2ccc3c(c2)OCO3)c1. The van der Waals surface area contributed by atoms with Crippen molar-refractivity contribution < 1.29 is 19.1 Å². The molecule has 0 bridgehead atoms. The van der Waals surface area contributed by atoms with Gasteiger partial charge in [0.05, 0.1) is 0 Å². The van der Waals surface area contributed by atoms with Gasteiger partial charge in [-0.2, -0.15) is 0 Å². The average molecular weight is 340 g/mol. The first-order chi connectivity index (χ1) is 12.1. The number of rotatable bonds is 6. The Labute approximate surface area is 146 Å². The Bertz CT molecular complexity index is 789. The maximum atomic E-state index is 12.2. The zero-order chi connectivity index (χ0) is 17.6. The molecule has 2 aromatic carbocycles. The van der Waals surface area contributed by atoms with Crippen molar-refractivity contribution >= 4 is 17.5 Å². The zero-order valence-corrected chi connectivity index (χ0v) is 14.0. The van der Waals surface area contributed by atoms with Gasteiger partial charge in [0.1, 0.15) is 0 Å². The van der Waals surface area contributed by atoms with Crippen molar-refractivity contribution in [2.45, 2.75) is 19.8 Å². The third-order valence-corrected chi connectivity index (χ3v) is 3.81. The summed E-state index contributed by atoms with van der Waals surface area (Å²) in [5.74, 6) is 1.23. The lowest BCUT2D eigenvalue weighted by molar-refractivity contribution is -0.114. The monoisotopic (exact) mass is 340 g/mol. The Hall–Kier alpha value is -3.02. The molecule has 2 amide bonds. The van der Waals surface area contributed by atoms with Crippen LogP contribution < -0.4 is 20.1 Å². The van der Waals surface area contributed by atoms with Crippen molar-refractivity contribution in [3.05, 3.63) is 53.6 Å². The first-order valence-electron chi connectivity index (χ1n) is 8.16. The molecule has 2 aromatic rings. The Balaban J connectivity index is 1.47. The third kappa shape index (κ3) is 4.50. The standard InChI is InChI=1S/C19H20N2O4/c1-13(22)21-16-6-2-5-15(11-16)19(23)20-9-3-4-14-7-8-17-18(10-14)25-12-24-17/h2,5-8,10-11H,3-4,9,12H2,1H3,(H,20,23)(H,21,22). The van der Waals surface area contributed by atoms with Gasteiger partial charge >= 0.3 is 0 Å². The Morgan fingerprint density at radius 3 is 2.76 bits per heavy atom. The van der Waals surface area contributed by atoms with Crippen LogP contribution in [0.1, 0.15) is 29.3 Å². The minimum atomic E-state index is -0.165. The van der Waals surface area contributed by atoms with Crippen LogP contribution in [0, 0.1) is 0 Å². The van der Waals surface area contributed by atoms with E-state index < -0.39 is 0 Å². The van der Waals surface area contributed by atoms with Gasteiger partial charge < -0.3 is 20.1 Å². The molecular weight excluding hydrogens is 320 g/mol. The van der Waals surface area contributed by atoms with Gasteiger partial charge in [-0.15, -0.1) is 0 Å². The van der Waals surface area contributed by atoms with E-state index in [4.69, 9.17) is 9.47 Å². The fraction of sp³-hybridized carbons (Fsp3) is 0.263. The van der Waals surface area contributed by atoms with E-state index in [9.17, 15) is 9.59 Å². The molecule has 0 spiro atoms. The van der Waals surface area contributed by atoms with Crippen molar-refractivity contribution in [1.29, 1.82) is 0 Å². The van der Waals surface area contributed by atoms with Crippen LogP contribution in [0.15, 0.2) is 42.5 Å². The van der Waals surface area contributed by atoms with Gasteiger partial charge in [-0.05, 0) is 48.7 Å². The Kier molecular flexibility index (Phi) is 5.18. The van der Waals surface area contributed by atoms with Gasteiger partial charge in [0.2, 0.25) is 12.7 Å². The molecule has 0 aliphatic carbocycles. The average Bonchev–Trinajstić information content (AvgIpc) is 3.06. The molecule has 6 nitrogen and oxygen atoms in total. The molecule has 0 radical (unpaired) electrons. The van der Waals surface area contributed by atoms with Gasteiger partial charge in [0.15, 0.2) is 11.5 Å². The van der Waals surface area contributed by atoms with Gasteiger partial charge in [0.25, 0.3) is 5.91 Å². The molecule has 25 heavy (non-hydrogen) atoms. The lowest BCUT2D eigenvalue weighted by Gasteiger charge is -2.08. The van der Waals surface area contributed by atoms with Gasteiger partial charge in [-0.25, -0.2) is 0 Å². The first-order valence-corrected chi connectivity index (χ1v) is 8.16. The quantitative estimate of drug-likeness (QED) is 0.793. The topological polar surface area (TPSA) is 76.7 Å². The van der Waals surface area contributed by atoms with Gasteiger partial charge in [0, 0.05) is 24.7 Å². The lowest BCUT2D eigenvalue weighted by atomic mass is 10.1. The summed E-state index contributed by atoms with van der Waals surface area (Å²) >= 11 is 0. The zero-order valence-electron chi connectivity index (χ0n) is 14.0. The molecule has 1 aliphatic rings. The number of amides is 2. The number of aryl methyl sites for hydroxylation is 1. The summed E-state index contributed by atoms with van der Waals surface area (Å²) in [6, 6.07) is 12.8. The molecular formula is C19H20N2O4. The highest BCUT2D eigenvalue weighted by molar-refractivity contribution is 5.96. The Morgan fingerprint density at radius 2 is 1.92 bits per heavy atom. The van der Waals surface area contributed by atoms with Crippen molar-refractivity contribution in [2.75, 3.05) is 18.7 Å². The molecule has 6 heteroatoms. The number of hydrogen-bond donors (Lipinski definition) is 2. The second-order valence-electron chi connectivity index (χ2n) is 5.81. The molecule has 0 atom stereocenters. The fourth-order valence-corrected chi connectivity index (χ4v) is 2.63.